The summed E-state index contributed by atoms with van der Waals surface area (Å²) in [5, 5.41) is 10.3. The maximum Gasteiger partial charge on any atom is 0.184 e. The monoisotopic (exact) mass is 332 g/mol. The fourth-order valence-electron chi connectivity index (χ4n) is 2.68. The van der Waals surface area contributed by atoms with E-state index in [9.17, 15) is 5.11 Å². The van der Waals surface area contributed by atoms with Crippen LogP contribution in [0.4, 0.5) is 0 Å². The molecule has 1 N–H and O–H groups in total. The second-order valence-electron chi connectivity index (χ2n) is 6.30. The van der Waals surface area contributed by atoms with E-state index in [0.717, 1.165) is 38.5 Å². The van der Waals surface area contributed by atoms with Crippen LogP contribution >= 0.6 is 0 Å². The van der Waals surface area contributed by atoms with Gasteiger partial charge in [0, 0.05) is 19.8 Å². The van der Waals surface area contributed by atoms with E-state index in [0.29, 0.717) is 19.8 Å². The van der Waals surface area contributed by atoms with E-state index in [2.05, 4.69) is 20.8 Å². The van der Waals surface area contributed by atoms with Crippen LogP contribution in [0.2, 0.25) is 0 Å². The highest BCUT2D eigenvalue weighted by molar-refractivity contribution is 4.90. The molecule has 0 aromatic carbocycles. The summed E-state index contributed by atoms with van der Waals surface area (Å²) in [5.74, 6) is 0. The molecule has 1 unspecified atom stereocenters. The predicted octanol–water partition coefficient (Wildman–Crippen LogP) is 3.28. The van der Waals surface area contributed by atoms with Gasteiger partial charge in [-0.15, -0.1) is 0 Å². The van der Waals surface area contributed by atoms with Gasteiger partial charge in [0.25, 0.3) is 0 Å². The van der Waals surface area contributed by atoms with Gasteiger partial charge in [0.15, 0.2) is 6.29 Å². The van der Waals surface area contributed by atoms with Gasteiger partial charge in [0.05, 0.1) is 6.10 Å². The first kappa shape index (κ1) is 20.8. The Bertz CT molecular complexity index is 265. The number of hydrogen-bond donors (Lipinski definition) is 1. The molecule has 1 aliphatic heterocycles. The van der Waals surface area contributed by atoms with Crippen LogP contribution in [0.5, 0.6) is 0 Å². The second-order valence-corrected chi connectivity index (χ2v) is 6.30. The Kier molecular flexibility index (Phi) is 11.1. The van der Waals surface area contributed by atoms with Crippen LogP contribution in [-0.2, 0) is 18.9 Å². The molecule has 0 aromatic rings. The van der Waals surface area contributed by atoms with Crippen LogP contribution in [-0.4, -0.2) is 55.6 Å². The zero-order valence-electron chi connectivity index (χ0n) is 15.3. The summed E-state index contributed by atoms with van der Waals surface area (Å²) in [7, 11) is 0. The van der Waals surface area contributed by atoms with Gasteiger partial charge in [-0.1, -0.05) is 40.0 Å². The van der Waals surface area contributed by atoms with Crippen LogP contribution in [0.1, 0.15) is 66.2 Å². The van der Waals surface area contributed by atoms with Crippen LogP contribution < -0.4 is 0 Å². The van der Waals surface area contributed by atoms with E-state index in [4.69, 9.17) is 18.9 Å². The smallest absolute Gasteiger partial charge is 0.184 e. The Labute approximate surface area is 141 Å². The van der Waals surface area contributed by atoms with Crippen molar-refractivity contribution in [2.24, 2.45) is 0 Å². The van der Waals surface area contributed by atoms with Gasteiger partial charge in [-0.05, 0) is 26.2 Å². The summed E-state index contributed by atoms with van der Waals surface area (Å²) in [5.41, 5.74) is 0. The van der Waals surface area contributed by atoms with Crippen LogP contribution in [0.25, 0.3) is 0 Å². The number of unbranched alkanes of at least 4 members (excludes halogenated alkanes) is 3. The number of aliphatic hydroxyl groups is 1. The maximum atomic E-state index is 10.3. The molecule has 1 aliphatic rings. The molecule has 0 amide bonds. The fourth-order valence-corrected chi connectivity index (χ4v) is 2.68. The topological polar surface area (TPSA) is 57.2 Å². The number of hydrogen-bond acceptors (Lipinski definition) is 5. The lowest BCUT2D eigenvalue weighted by Crippen LogP contribution is -2.59. The van der Waals surface area contributed by atoms with Gasteiger partial charge in [0.2, 0.25) is 0 Å². The summed E-state index contributed by atoms with van der Waals surface area (Å²) in [4.78, 5) is 0. The number of ether oxygens (including phenoxy) is 4. The first-order valence-electron chi connectivity index (χ1n) is 9.33. The molecular weight excluding hydrogens is 296 g/mol. The highest BCUT2D eigenvalue weighted by Crippen LogP contribution is 2.27. The molecule has 0 spiro atoms. The van der Waals surface area contributed by atoms with Gasteiger partial charge >= 0.3 is 0 Å². The van der Waals surface area contributed by atoms with Crippen LogP contribution in [0.3, 0.4) is 0 Å². The SMILES string of the molecule is CCCCO[C@@H]1[C@H](OCCCC)[C@H](C)OC(O)[C@H]1OCCCC. The van der Waals surface area contributed by atoms with Gasteiger partial charge in [0.1, 0.15) is 18.3 Å². The van der Waals surface area contributed by atoms with Crippen LogP contribution in [0.15, 0.2) is 0 Å². The molecule has 0 aliphatic carbocycles. The summed E-state index contributed by atoms with van der Waals surface area (Å²) in [6.07, 6.45) is 4.04. The Morgan fingerprint density at radius 3 is 1.65 bits per heavy atom. The summed E-state index contributed by atoms with van der Waals surface area (Å²) in [6.45, 7) is 10.3. The van der Waals surface area contributed by atoms with Gasteiger partial charge in [-0.25, -0.2) is 0 Å². The van der Waals surface area contributed by atoms with E-state index in [1.807, 2.05) is 6.92 Å². The third-order valence-corrected chi connectivity index (χ3v) is 4.17. The Morgan fingerprint density at radius 1 is 0.739 bits per heavy atom. The lowest BCUT2D eigenvalue weighted by molar-refractivity contribution is -0.303. The van der Waals surface area contributed by atoms with Gasteiger partial charge in [-0.3, -0.25) is 0 Å². The number of aliphatic hydroxyl groups excluding tert-OH is 1. The van der Waals surface area contributed by atoms with Crippen molar-refractivity contribution in [3.8, 4) is 0 Å². The molecule has 1 saturated heterocycles. The molecule has 0 saturated carbocycles. The summed E-state index contributed by atoms with van der Waals surface area (Å²) < 4.78 is 23.6. The summed E-state index contributed by atoms with van der Waals surface area (Å²) >= 11 is 0. The first-order valence-corrected chi connectivity index (χ1v) is 9.33. The molecule has 1 rings (SSSR count). The Hall–Kier alpha value is -0.200. The minimum absolute atomic E-state index is 0.201. The van der Waals surface area contributed by atoms with E-state index >= 15 is 0 Å². The highest BCUT2D eigenvalue weighted by Gasteiger charge is 2.45. The largest absolute Gasteiger partial charge is 0.373 e. The summed E-state index contributed by atoms with van der Waals surface area (Å²) in [6, 6.07) is 0. The van der Waals surface area contributed by atoms with Gasteiger partial charge < -0.3 is 24.1 Å². The van der Waals surface area contributed by atoms with Crippen molar-refractivity contribution >= 4 is 0 Å². The molecule has 5 nitrogen and oxygen atoms in total. The fraction of sp³-hybridized carbons (Fsp3) is 1.00. The molecular formula is C18H36O5. The van der Waals surface area contributed by atoms with Crippen LogP contribution in [0, 0.1) is 0 Å². The van der Waals surface area contributed by atoms with Crippen molar-refractivity contribution in [1.29, 1.82) is 0 Å². The van der Waals surface area contributed by atoms with Crippen molar-refractivity contribution in [2.45, 2.75) is 96.9 Å². The van der Waals surface area contributed by atoms with Crippen molar-refractivity contribution in [1.82, 2.24) is 0 Å². The third-order valence-electron chi connectivity index (χ3n) is 4.17. The van der Waals surface area contributed by atoms with Gasteiger partial charge in [-0.2, -0.15) is 0 Å². The molecule has 0 radical (unpaired) electrons. The van der Waals surface area contributed by atoms with E-state index in [1.54, 1.807) is 0 Å². The average Bonchev–Trinajstić information content (AvgIpc) is 2.53. The third kappa shape index (κ3) is 7.06. The van der Waals surface area contributed by atoms with E-state index in [-0.39, 0.29) is 18.3 Å². The van der Waals surface area contributed by atoms with Crippen molar-refractivity contribution in [3.05, 3.63) is 0 Å². The normalized spacial score (nSPS) is 31.4. The molecule has 23 heavy (non-hydrogen) atoms. The minimum Gasteiger partial charge on any atom is -0.373 e. The van der Waals surface area contributed by atoms with Crippen molar-refractivity contribution < 1.29 is 24.1 Å². The lowest BCUT2D eigenvalue weighted by atomic mass is 9.99. The average molecular weight is 332 g/mol. The lowest BCUT2D eigenvalue weighted by Gasteiger charge is -2.43. The van der Waals surface area contributed by atoms with E-state index in [1.165, 1.54) is 0 Å². The minimum atomic E-state index is -0.959. The second kappa shape index (κ2) is 12.2. The van der Waals surface area contributed by atoms with Crippen molar-refractivity contribution in [2.75, 3.05) is 19.8 Å². The molecule has 0 bridgehead atoms. The Balaban J connectivity index is 2.71. The zero-order chi connectivity index (χ0) is 17.1. The molecule has 0 aromatic heterocycles. The zero-order valence-corrected chi connectivity index (χ0v) is 15.3. The molecule has 1 heterocycles. The molecule has 5 heteroatoms. The quantitative estimate of drug-likeness (QED) is 0.556. The molecule has 138 valence electrons. The number of rotatable bonds is 12. The molecule has 5 atom stereocenters. The Morgan fingerprint density at radius 2 is 1.17 bits per heavy atom. The van der Waals surface area contributed by atoms with Crippen molar-refractivity contribution in [3.63, 3.8) is 0 Å². The molecule has 1 fully saturated rings. The highest BCUT2D eigenvalue weighted by atomic mass is 16.7. The standard InChI is InChI=1S/C18H36O5/c1-5-8-11-20-15-14(4)23-18(19)17(22-13-10-7-3)16(15)21-12-9-6-2/h14-19H,5-13H2,1-4H3/t14-,15+,16+,17-,18?/m0/s1. The van der Waals surface area contributed by atoms with E-state index < -0.39 is 12.4 Å². The predicted molar refractivity (Wildman–Crippen MR) is 90.5 cm³/mol. The maximum absolute atomic E-state index is 10.3. The first-order chi connectivity index (χ1) is 11.2.